The molecule has 5 heteroatoms. The molecule has 7 aromatic carbocycles. The Bertz CT molecular complexity index is 2070. The summed E-state index contributed by atoms with van der Waals surface area (Å²) in [6, 6.07) is 39.5. The van der Waals surface area contributed by atoms with Gasteiger partial charge >= 0.3 is 0 Å². The molecule has 0 fully saturated rings. The summed E-state index contributed by atoms with van der Waals surface area (Å²) in [5.74, 6) is -0.713. The average Bonchev–Trinajstić information content (AvgIpc) is 3.02. The number of phenols is 2. The summed E-state index contributed by atoms with van der Waals surface area (Å²) in [6.45, 7) is 0. The van der Waals surface area contributed by atoms with E-state index in [1.807, 2.05) is 42.5 Å². The smallest absolute Gasteiger partial charge is 0.124 e. The van der Waals surface area contributed by atoms with Crippen molar-refractivity contribution < 1.29 is 10.2 Å². The fourth-order valence-corrected chi connectivity index (χ4v) is 6.03. The number of aromatic hydroxyl groups is 2. The SMILES string of the molecule is [B]c1c([B])c(-c2c3ccccc3c(-c3cccc4cc(-c5ccccc5)ccc34)c3ccccc23)c(O)c([B])c1O. The fraction of sp³-hybridized carbons (Fsp3) is 0. The molecule has 0 atom stereocenters. The zero-order chi connectivity index (χ0) is 28.2. The fourth-order valence-electron chi connectivity index (χ4n) is 6.03. The predicted octanol–water partition coefficient (Wildman–Crippen LogP) is 5.94. The van der Waals surface area contributed by atoms with Crippen LogP contribution in [-0.4, -0.2) is 33.8 Å². The Kier molecular flexibility index (Phi) is 5.90. The Balaban J connectivity index is 1.59. The Labute approximate surface area is 242 Å². The van der Waals surface area contributed by atoms with Gasteiger partial charge in [0.2, 0.25) is 0 Å². The summed E-state index contributed by atoms with van der Waals surface area (Å²) in [5.41, 5.74) is 5.35. The van der Waals surface area contributed by atoms with Gasteiger partial charge in [0.1, 0.15) is 35.0 Å². The molecule has 0 saturated carbocycles. The van der Waals surface area contributed by atoms with E-state index in [0.29, 0.717) is 11.1 Å². The third kappa shape index (κ3) is 3.84. The first-order chi connectivity index (χ1) is 20.0. The van der Waals surface area contributed by atoms with Gasteiger partial charge in [0.15, 0.2) is 0 Å². The van der Waals surface area contributed by atoms with Crippen LogP contribution in [0.2, 0.25) is 0 Å². The first-order valence-corrected chi connectivity index (χ1v) is 13.4. The lowest BCUT2D eigenvalue weighted by molar-refractivity contribution is 0.463. The van der Waals surface area contributed by atoms with E-state index in [4.69, 9.17) is 23.5 Å². The number of fused-ring (bicyclic) bond motifs is 3. The standard InChI is InChI=1S/C36H21B3O2/c37-32-31(35(40)34(39)36(41)33(32)38)30-27-14-6-4-12-25(27)29(26-13-5-7-15-28(26)30)24-16-8-11-22-19-21(17-18-23(22)24)20-9-2-1-3-10-20/h1-19,40-41H. The van der Waals surface area contributed by atoms with E-state index in [1.165, 1.54) is 5.56 Å². The molecular weight excluding hydrogens is 497 g/mol. The molecule has 0 saturated heterocycles. The summed E-state index contributed by atoms with van der Waals surface area (Å²) < 4.78 is 0. The lowest BCUT2D eigenvalue weighted by Gasteiger charge is -2.23. The van der Waals surface area contributed by atoms with E-state index in [-0.39, 0.29) is 22.1 Å². The van der Waals surface area contributed by atoms with Gasteiger partial charge in [0.25, 0.3) is 0 Å². The number of hydrogen-bond acceptors (Lipinski definition) is 2. The number of hydrogen-bond donors (Lipinski definition) is 2. The van der Waals surface area contributed by atoms with Gasteiger partial charge < -0.3 is 10.2 Å². The molecule has 0 amide bonds. The number of benzene rings is 7. The lowest BCUT2D eigenvalue weighted by Crippen LogP contribution is -2.33. The van der Waals surface area contributed by atoms with Crippen molar-refractivity contribution in [2.75, 3.05) is 0 Å². The largest absolute Gasteiger partial charge is 0.509 e. The zero-order valence-corrected chi connectivity index (χ0v) is 22.1. The van der Waals surface area contributed by atoms with E-state index in [9.17, 15) is 10.2 Å². The van der Waals surface area contributed by atoms with Crippen LogP contribution < -0.4 is 16.4 Å². The van der Waals surface area contributed by atoms with Crippen molar-refractivity contribution >= 4 is 72.2 Å². The first kappa shape index (κ1) is 25.1. The van der Waals surface area contributed by atoms with Crippen LogP contribution in [0.5, 0.6) is 11.5 Å². The molecule has 0 aliphatic carbocycles. The van der Waals surface area contributed by atoms with Crippen LogP contribution in [0, 0.1) is 0 Å². The minimum Gasteiger partial charge on any atom is -0.509 e. The maximum atomic E-state index is 11.2. The molecule has 7 aromatic rings. The van der Waals surface area contributed by atoms with E-state index in [1.54, 1.807) is 0 Å². The second-order valence-corrected chi connectivity index (χ2v) is 10.3. The third-order valence-corrected chi connectivity index (χ3v) is 8.00. The molecule has 0 unspecified atom stereocenters. The predicted molar refractivity (Wildman–Crippen MR) is 175 cm³/mol. The Morgan fingerprint density at radius 3 is 1.61 bits per heavy atom. The maximum Gasteiger partial charge on any atom is 0.124 e. The molecule has 0 aromatic heterocycles. The molecule has 41 heavy (non-hydrogen) atoms. The van der Waals surface area contributed by atoms with Crippen molar-refractivity contribution in [3.63, 3.8) is 0 Å². The summed E-state index contributed by atoms with van der Waals surface area (Å²) in [5, 5.41) is 27.6. The summed E-state index contributed by atoms with van der Waals surface area (Å²) in [4.78, 5) is 0. The zero-order valence-electron chi connectivity index (χ0n) is 22.1. The van der Waals surface area contributed by atoms with Crippen molar-refractivity contribution in [1.82, 2.24) is 0 Å². The van der Waals surface area contributed by atoms with Crippen molar-refractivity contribution in [1.29, 1.82) is 0 Å². The minimum atomic E-state index is -0.417. The Morgan fingerprint density at radius 2 is 0.976 bits per heavy atom. The summed E-state index contributed by atoms with van der Waals surface area (Å²) in [7, 11) is 18.7. The van der Waals surface area contributed by atoms with E-state index >= 15 is 0 Å². The Hall–Kier alpha value is -4.89. The van der Waals surface area contributed by atoms with Crippen LogP contribution in [0.4, 0.5) is 0 Å². The lowest BCUT2D eigenvalue weighted by atomic mass is 9.70. The van der Waals surface area contributed by atoms with Crippen LogP contribution in [0.3, 0.4) is 0 Å². The van der Waals surface area contributed by atoms with Gasteiger partial charge in [0, 0.05) is 11.1 Å². The van der Waals surface area contributed by atoms with Crippen LogP contribution in [0.1, 0.15) is 0 Å². The molecule has 0 bridgehead atoms. The number of rotatable bonds is 3. The molecule has 186 valence electrons. The van der Waals surface area contributed by atoms with Gasteiger partial charge in [-0.25, -0.2) is 0 Å². The molecule has 2 nitrogen and oxygen atoms in total. The maximum absolute atomic E-state index is 11.2. The highest BCUT2D eigenvalue weighted by Crippen LogP contribution is 2.46. The second kappa shape index (κ2) is 9.64. The van der Waals surface area contributed by atoms with E-state index in [0.717, 1.165) is 49.0 Å². The normalized spacial score (nSPS) is 11.4. The molecule has 2 N–H and O–H groups in total. The number of phenolic OH excluding ortho intramolecular Hbond substituents is 2. The highest BCUT2D eigenvalue weighted by atomic mass is 16.3. The summed E-state index contributed by atoms with van der Waals surface area (Å²) in [6.07, 6.45) is 0. The highest BCUT2D eigenvalue weighted by molar-refractivity contribution is 6.55. The highest BCUT2D eigenvalue weighted by Gasteiger charge is 2.23. The molecule has 7 rings (SSSR count). The van der Waals surface area contributed by atoms with Gasteiger partial charge in [0.05, 0.1) is 0 Å². The molecule has 0 aliphatic heterocycles. The van der Waals surface area contributed by atoms with Crippen molar-refractivity contribution in [2.24, 2.45) is 0 Å². The third-order valence-electron chi connectivity index (χ3n) is 8.00. The van der Waals surface area contributed by atoms with Crippen LogP contribution >= 0.6 is 0 Å². The summed E-state index contributed by atoms with van der Waals surface area (Å²) >= 11 is 0. The average molecular weight is 518 g/mol. The van der Waals surface area contributed by atoms with Crippen LogP contribution in [-0.2, 0) is 0 Å². The Morgan fingerprint density at radius 1 is 0.390 bits per heavy atom. The van der Waals surface area contributed by atoms with Crippen molar-refractivity contribution in [3.8, 4) is 44.9 Å². The van der Waals surface area contributed by atoms with Crippen molar-refractivity contribution in [2.45, 2.75) is 0 Å². The molecule has 0 aliphatic rings. The van der Waals surface area contributed by atoms with Gasteiger partial charge in [-0.1, -0.05) is 120 Å². The van der Waals surface area contributed by atoms with Gasteiger partial charge in [-0.2, -0.15) is 0 Å². The second-order valence-electron chi connectivity index (χ2n) is 10.3. The van der Waals surface area contributed by atoms with Crippen LogP contribution in [0.25, 0.3) is 65.7 Å². The van der Waals surface area contributed by atoms with Gasteiger partial charge in [-0.05, 0) is 66.1 Å². The minimum absolute atomic E-state index is 0.0594. The van der Waals surface area contributed by atoms with Gasteiger partial charge in [-0.3, -0.25) is 0 Å². The quantitative estimate of drug-likeness (QED) is 0.225. The van der Waals surface area contributed by atoms with E-state index < -0.39 is 5.75 Å². The van der Waals surface area contributed by atoms with E-state index in [2.05, 4.69) is 72.8 Å². The monoisotopic (exact) mass is 518 g/mol. The van der Waals surface area contributed by atoms with Gasteiger partial charge in [-0.15, -0.1) is 0 Å². The molecule has 6 radical (unpaired) electrons. The van der Waals surface area contributed by atoms with Crippen molar-refractivity contribution in [3.05, 3.63) is 115 Å². The van der Waals surface area contributed by atoms with Crippen LogP contribution in [0.15, 0.2) is 115 Å². The molecular formula is C36H21B3O2. The molecule has 0 spiro atoms. The topological polar surface area (TPSA) is 40.5 Å². The first-order valence-electron chi connectivity index (χ1n) is 13.4. The molecule has 0 heterocycles.